The van der Waals surface area contributed by atoms with Gasteiger partial charge in [0.15, 0.2) is 0 Å². The van der Waals surface area contributed by atoms with E-state index in [4.69, 9.17) is 4.74 Å². The van der Waals surface area contributed by atoms with Crippen LogP contribution < -0.4 is 5.32 Å². The summed E-state index contributed by atoms with van der Waals surface area (Å²) in [5, 5.41) is 23.6. The molecule has 0 aromatic heterocycles. The highest BCUT2D eigenvalue weighted by Crippen LogP contribution is 2.16. The van der Waals surface area contributed by atoms with Gasteiger partial charge < -0.3 is 20.3 Å². The standard InChI is InChI=1S/C51H85NO5/c1-4-7-10-13-16-19-22-24-26-28-31-34-37-40-43-49(54)48(46-53)52-50(55)45-47(42-39-36-33-30-27-21-18-15-12-9-6-3)57-51(56)44-41-38-35-32-29-25-23-20-17-14-11-8-5-2/h8-9,11-12,14-15,17-18,20-21,23,25,27,29,32,35,47-49,53-54H,4-7,10,13,16,19,22,24,26,28,30-31,33-34,36-46H2,1-3H3,(H,52,55)/b11-8+,12-9+,17-14+,18-15+,23-20-,27-21-,29-25-,35-32+. The molecule has 0 saturated heterocycles. The molecule has 0 radical (unpaired) electrons. The van der Waals surface area contributed by atoms with Gasteiger partial charge in [-0.3, -0.25) is 9.59 Å². The molecule has 0 rings (SSSR count). The molecule has 0 aliphatic carbocycles. The topological polar surface area (TPSA) is 95.9 Å². The number of esters is 1. The molecule has 324 valence electrons. The average molecular weight is 792 g/mol. The number of aliphatic hydroxyl groups excluding tert-OH is 2. The molecular formula is C51H85NO5. The van der Waals surface area contributed by atoms with Gasteiger partial charge in [0.2, 0.25) is 5.91 Å². The zero-order valence-corrected chi connectivity index (χ0v) is 36.7. The van der Waals surface area contributed by atoms with Crippen LogP contribution in [-0.4, -0.2) is 46.9 Å². The maximum absolute atomic E-state index is 13.1. The largest absolute Gasteiger partial charge is 0.462 e. The van der Waals surface area contributed by atoms with Gasteiger partial charge >= 0.3 is 5.97 Å². The second kappa shape index (κ2) is 43.9. The lowest BCUT2D eigenvalue weighted by Gasteiger charge is -2.24. The molecule has 57 heavy (non-hydrogen) atoms. The van der Waals surface area contributed by atoms with Gasteiger partial charge in [0.25, 0.3) is 0 Å². The molecule has 3 atom stereocenters. The first kappa shape index (κ1) is 53.8. The predicted octanol–water partition coefficient (Wildman–Crippen LogP) is 13.4. The SMILES string of the molecule is CC/C=C/C=C/C=C\C=C/C=C/CCCC(=O)OC(CCCCC\C=C/C=C/C=C/CC)CC(=O)NC(CO)C(O)CCCCCCCCCCCCCCCC. The van der Waals surface area contributed by atoms with E-state index in [1.54, 1.807) is 0 Å². The molecule has 0 heterocycles. The third-order valence-electron chi connectivity index (χ3n) is 9.85. The number of allylic oxidation sites excluding steroid dienone is 16. The van der Waals surface area contributed by atoms with E-state index < -0.39 is 18.2 Å². The number of unbranched alkanes of at least 4 members (excludes halogenated alkanes) is 17. The maximum Gasteiger partial charge on any atom is 0.306 e. The summed E-state index contributed by atoms with van der Waals surface area (Å²) in [5.41, 5.74) is 0. The molecule has 0 aliphatic rings. The van der Waals surface area contributed by atoms with Crippen molar-refractivity contribution >= 4 is 11.9 Å². The van der Waals surface area contributed by atoms with Crippen LogP contribution in [0.2, 0.25) is 0 Å². The van der Waals surface area contributed by atoms with Gasteiger partial charge in [-0.05, 0) is 57.8 Å². The van der Waals surface area contributed by atoms with E-state index in [1.165, 1.54) is 70.6 Å². The summed E-state index contributed by atoms with van der Waals surface area (Å²) < 4.78 is 5.84. The Balaban J connectivity index is 4.72. The molecule has 6 nitrogen and oxygen atoms in total. The Morgan fingerprint density at radius 1 is 0.526 bits per heavy atom. The van der Waals surface area contributed by atoms with Crippen molar-refractivity contribution < 1.29 is 24.5 Å². The first-order valence-electron chi connectivity index (χ1n) is 23.1. The van der Waals surface area contributed by atoms with E-state index >= 15 is 0 Å². The first-order chi connectivity index (χ1) is 28.0. The Morgan fingerprint density at radius 2 is 0.947 bits per heavy atom. The van der Waals surface area contributed by atoms with Gasteiger partial charge in [-0.1, -0.05) is 214 Å². The van der Waals surface area contributed by atoms with Crippen molar-refractivity contribution in [1.29, 1.82) is 0 Å². The number of amides is 1. The highest BCUT2D eigenvalue weighted by Gasteiger charge is 2.24. The average Bonchev–Trinajstić information content (AvgIpc) is 3.20. The molecule has 0 aromatic carbocycles. The van der Waals surface area contributed by atoms with Crippen molar-refractivity contribution in [2.45, 2.75) is 206 Å². The summed E-state index contributed by atoms with van der Waals surface area (Å²) in [7, 11) is 0. The summed E-state index contributed by atoms with van der Waals surface area (Å²) in [4.78, 5) is 25.9. The molecule has 0 aromatic rings. The summed E-state index contributed by atoms with van der Waals surface area (Å²) in [6.07, 6.45) is 57.6. The van der Waals surface area contributed by atoms with Gasteiger partial charge in [0.1, 0.15) is 6.10 Å². The monoisotopic (exact) mass is 792 g/mol. The minimum atomic E-state index is -0.813. The van der Waals surface area contributed by atoms with Crippen LogP contribution in [0.1, 0.15) is 188 Å². The van der Waals surface area contributed by atoms with E-state index in [-0.39, 0.29) is 31.3 Å². The number of hydrogen-bond acceptors (Lipinski definition) is 5. The van der Waals surface area contributed by atoms with Gasteiger partial charge in [0, 0.05) is 6.42 Å². The number of hydrogen-bond donors (Lipinski definition) is 3. The number of aliphatic hydroxyl groups is 2. The fourth-order valence-electron chi connectivity index (χ4n) is 6.40. The molecule has 3 unspecified atom stereocenters. The van der Waals surface area contributed by atoms with Crippen molar-refractivity contribution in [3.63, 3.8) is 0 Å². The van der Waals surface area contributed by atoms with E-state index in [0.29, 0.717) is 19.3 Å². The van der Waals surface area contributed by atoms with Crippen LogP contribution in [0.3, 0.4) is 0 Å². The number of carbonyl (C=O) groups excluding carboxylic acids is 2. The molecule has 0 aliphatic heterocycles. The molecule has 6 heteroatoms. The normalized spacial score (nSPS) is 14.3. The quantitative estimate of drug-likeness (QED) is 0.0327. The van der Waals surface area contributed by atoms with Crippen molar-refractivity contribution in [2.75, 3.05) is 6.61 Å². The summed E-state index contributed by atoms with van der Waals surface area (Å²) in [6.45, 7) is 6.15. The second-order valence-corrected chi connectivity index (χ2v) is 15.2. The Morgan fingerprint density at radius 3 is 1.44 bits per heavy atom. The number of nitrogens with one attached hydrogen (secondary N) is 1. The van der Waals surface area contributed by atoms with Gasteiger partial charge in [-0.25, -0.2) is 0 Å². The molecule has 3 N–H and O–H groups in total. The van der Waals surface area contributed by atoms with E-state index in [2.05, 4.69) is 50.4 Å². The molecule has 0 saturated carbocycles. The number of rotatable bonds is 39. The number of ether oxygens (including phenoxy) is 1. The minimum absolute atomic E-state index is 0.0199. The van der Waals surface area contributed by atoms with Crippen LogP contribution in [0.4, 0.5) is 0 Å². The minimum Gasteiger partial charge on any atom is -0.462 e. The van der Waals surface area contributed by atoms with Crippen LogP contribution >= 0.6 is 0 Å². The smallest absolute Gasteiger partial charge is 0.306 e. The Labute approximate surface area is 350 Å². The van der Waals surface area contributed by atoms with Crippen molar-refractivity contribution in [2.24, 2.45) is 0 Å². The van der Waals surface area contributed by atoms with E-state index in [9.17, 15) is 19.8 Å². The molecule has 0 fully saturated rings. The Hall–Kier alpha value is -3.22. The van der Waals surface area contributed by atoms with Crippen molar-refractivity contribution in [1.82, 2.24) is 5.32 Å². The molecule has 0 spiro atoms. The summed E-state index contributed by atoms with van der Waals surface area (Å²) in [6, 6.07) is -0.732. The lowest BCUT2D eigenvalue weighted by Crippen LogP contribution is -2.46. The van der Waals surface area contributed by atoms with Crippen LogP contribution in [0, 0.1) is 0 Å². The van der Waals surface area contributed by atoms with Gasteiger partial charge in [-0.2, -0.15) is 0 Å². The van der Waals surface area contributed by atoms with Gasteiger partial charge in [0.05, 0.1) is 25.2 Å². The fourth-order valence-corrected chi connectivity index (χ4v) is 6.40. The van der Waals surface area contributed by atoms with Crippen LogP contribution in [0.5, 0.6) is 0 Å². The van der Waals surface area contributed by atoms with Crippen LogP contribution in [0.15, 0.2) is 97.2 Å². The summed E-state index contributed by atoms with van der Waals surface area (Å²) in [5.74, 6) is -0.609. The predicted molar refractivity (Wildman–Crippen MR) is 245 cm³/mol. The lowest BCUT2D eigenvalue weighted by molar-refractivity contribution is -0.151. The zero-order valence-electron chi connectivity index (χ0n) is 36.7. The van der Waals surface area contributed by atoms with Crippen molar-refractivity contribution in [3.8, 4) is 0 Å². The molecule has 1 amide bonds. The Bertz CT molecular complexity index is 1160. The lowest BCUT2D eigenvalue weighted by atomic mass is 10.0. The molecule has 0 bridgehead atoms. The fraction of sp³-hybridized carbons (Fsp3) is 0.647. The van der Waals surface area contributed by atoms with Crippen molar-refractivity contribution in [3.05, 3.63) is 97.2 Å². The molecular weight excluding hydrogens is 707 g/mol. The Kier molecular flexibility index (Phi) is 41.4. The zero-order chi connectivity index (χ0) is 41.7. The highest BCUT2D eigenvalue weighted by molar-refractivity contribution is 5.77. The van der Waals surface area contributed by atoms with Gasteiger partial charge in [-0.15, -0.1) is 0 Å². The second-order valence-electron chi connectivity index (χ2n) is 15.2. The maximum atomic E-state index is 13.1. The third-order valence-corrected chi connectivity index (χ3v) is 9.85. The third kappa shape index (κ3) is 39.4. The highest BCUT2D eigenvalue weighted by atomic mass is 16.5. The van der Waals surface area contributed by atoms with Crippen LogP contribution in [0.25, 0.3) is 0 Å². The summed E-state index contributed by atoms with van der Waals surface area (Å²) >= 11 is 0. The first-order valence-corrected chi connectivity index (χ1v) is 23.1. The van der Waals surface area contributed by atoms with Crippen LogP contribution in [-0.2, 0) is 14.3 Å². The van der Waals surface area contributed by atoms with E-state index in [1.807, 2.05) is 72.9 Å². The number of carbonyl (C=O) groups is 2. The van der Waals surface area contributed by atoms with E-state index in [0.717, 1.165) is 64.2 Å².